The molecule has 1 aromatic carbocycles. The molecule has 2 heterocycles. The minimum absolute atomic E-state index is 0.775. The second-order valence-corrected chi connectivity index (χ2v) is 7.35. The van der Waals surface area contributed by atoms with Crippen molar-refractivity contribution >= 4 is 33.8 Å². The summed E-state index contributed by atoms with van der Waals surface area (Å²) in [5.41, 5.74) is 2.77. The molecule has 2 aromatic heterocycles. The maximum absolute atomic E-state index is 4.61. The maximum atomic E-state index is 4.61. The number of aromatic nitrogens is 4. The molecule has 1 N–H and O–H groups in total. The largest absolute Gasteiger partial charge is 0.338 e. The summed E-state index contributed by atoms with van der Waals surface area (Å²) in [6.45, 7) is 2.27. The Morgan fingerprint density at radius 1 is 0.917 bits per heavy atom. The highest BCUT2D eigenvalue weighted by Gasteiger charge is 2.08. The predicted molar refractivity (Wildman–Crippen MR) is 103 cm³/mol. The first kappa shape index (κ1) is 17.2. The van der Waals surface area contributed by atoms with Crippen molar-refractivity contribution in [1.82, 2.24) is 20.2 Å². The third-order valence-corrected chi connectivity index (χ3v) is 5.26. The van der Waals surface area contributed by atoms with E-state index < -0.39 is 0 Å². The van der Waals surface area contributed by atoms with Crippen LogP contribution < -0.4 is 0 Å². The molecule has 0 unspecified atom stereocenters. The summed E-state index contributed by atoms with van der Waals surface area (Å²) in [6.07, 6.45) is 10.8. The molecule has 24 heavy (non-hydrogen) atoms. The molecule has 3 rings (SSSR count). The standard InChI is InChI=1S/C19H26N4S/c1-2-3-4-5-6-7-8-11-14-24-19-21-18-17(22-23-19)15-12-9-10-13-16(15)20-18/h9-10,12-13H,2-8,11,14H2,1H3,(H,20,21,23). The first-order chi connectivity index (χ1) is 11.9. The van der Waals surface area contributed by atoms with Gasteiger partial charge in [0.05, 0.1) is 0 Å². The van der Waals surface area contributed by atoms with Gasteiger partial charge in [0.2, 0.25) is 5.16 Å². The Morgan fingerprint density at radius 3 is 2.50 bits per heavy atom. The number of H-pyrrole nitrogens is 1. The summed E-state index contributed by atoms with van der Waals surface area (Å²) in [4.78, 5) is 7.94. The number of rotatable bonds is 10. The van der Waals surface area contributed by atoms with Crippen molar-refractivity contribution in [3.8, 4) is 0 Å². The Kier molecular flexibility index (Phi) is 6.47. The van der Waals surface area contributed by atoms with Gasteiger partial charge < -0.3 is 4.98 Å². The lowest BCUT2D eigenvalue weighted by molar-refractivity contribution is 0.586. The van der Waals surface area contributed by atoms with Gasteiger partial charge in [-0.3, -0.25) is 0 Å². The molecule has 0 fully saturated rings. The number of para-hydroxylation sites is 1. The number of hydrogen-bond acceptors (Lipinski definition) is 4. The van der Waals surface area contributed by atoms with E-state index in [1.54, 1.807) is 11.8 Å². The number of fused-ring (bicyclic) bond motifs is 3. The minimum atomic E-state index is 0.775. The van der Waals surface area contributed by atoms with Gasteiger partial charge in [-0.1, -0.05) is 81.8 Å². The SMILES string of the molecule is CCCCCCCCCCSc1nnc2c(n1)[nH]c1ccccc12. The maximum Gasteiger partial charge on any atom is 0.211 e. The molecule has 0 bridgehead atoms. The smallest absolute Gasteiger partial charge is 0.211 e. The lowest BCUT2D eigenvalue weighted by Gasteiger charge is -2.01. The summed E-state index contributed by atoms with van der Waals surface area (Å²) in [7, 11) is 0. The second-order valence-electron chi connectivity index (χ2n) is 6.29. The van der Waals surface area contributed by atoms with E-state index in [4.69, 9.17) is 0 Å². The average Bonchev–Trinajstić information content (AvgIpc) is 2.98. The fourth-order valence-corrected chi connectivity index (χ4v) is 3.75. The quantitative estimate of drug-likeness (QED) is 0.377. The van der Waals surface area contributed by atoms with Crippen LogP contribution >= 0.6 is 11.8 Å². The summed E-state index contributed by atoms with van der Waals surface area (Å²) < 4.78 is 0. The van der Waals surface area contributed by atoms with Crippen molar-refractivity contribution in [2.75, 3.05) is 5.75 Å². The first-order valence-electron chi connectivity index (χ1n) is 9.12. The summed E-state index contributed by atoms with van der Waals surface area (Å²) in [5.74, 6) is 1.07. The van der Waals surface area contributed by atoms with E-state index in [1.807, 2.05) is 18.2 Å². The fraction of sp³-hybridized carbons (Fsp3) is 0.526. The van der Waals surface area contributed by atoms with Crippen molar-refractivity contribution in [2.45, 2.75) is 63.4 Å². The van der Waals surface area contributed by atoms with E-state index in [0.717, 1.165) is 33.0 Å². The molecule has 0 atom stereocenters. The zero-order valence-electron chi connectivity index (χ0n) is 14.4. The molecule has 0 saturated carbocycles. The molecule has 0 aliphatic rings. The van der Waals surface area contributed by atoms with Crippen LogP contribution in [-0.2, 0) is 0 Å². The molecule has 5 heteroatoms. The van der Waals surface area contributed by atoms with Crippen LogP contribution in [0.15, 0.2) is 29.4 Å². The predicted octanol–water partition coefficient (Wildman–Crippen LogP) is 5.74. The molecule has 0 amide bonds. The number of nitrogens with one attached hydrogen (secondary N) is 1. The van der Waals surface area contributed by atoms with Crippen LogP contribution in [0.1, 0.15) is 58.3 Å². The number of unbranched alkanes of at least 4 members (excludes halogenated alkanes) is 7. The number of hydrogen-bond donors (Lipinski definition) is 1. The molecule has 3 aromatic rings. The third-order valence-electron chi connectivity index (χ3n) is 4.33. The number of thioether (sulfide) groups is 1. The Hall–Kier alpha value is -1.62. The van der Waals surface area contributed by atoms with E-state index >= 15 is 0 Å². The Balaban J connectivity index is 1.44. The highest BCUT2D eigenvalue weighted by atomic mass is 32.2. The van der Waals surface area contributed by atoms with Crippen molar-refractivity contribution in [3.05, 3.63) is 24.3 Å². The van der Waals surface area contributed by atoms with Gasteiger partial charge in [0, 0.05) is 16.7 Å². The zero-order chi connectivity index (χ0) is 16.6. The number of aromatic amines is 1. The molecular weight excluding hydrogens is 316 g/mol. The highest BCUT2D eigenvalue weighted by molar-refractivity contribution is 7.99. The Morgan fingerprint density at radius 2 is 1.67 bits per heavy atom. The summed E-state index contributed by atoms with van der Waals surface area (Å²) >= 11 is 1.71. The van der Waals surface area contributed by atoms with Crippen molar-refractivity contribution in [3.63, 3.8) is 0 Å². The van der Waals surface area contributed by atoms with Crippen molar-refractivity contribution in [1.29, 1.82) is 0 Å². The second kappa shape index (κ2) is 9.02. The lowest BCUT2D eigenvalue weighted by atomic mass is 10.1. The molecule has 0 radical (unpaired) electrons. The van der Waals surface area contributed by atoms with Gasteiger partial charge in [-0.05, 0) is 12.5 Å². The van der Waals surface area contributed by atoms with Crippen LogP contribution in [0.25, 0.3) is 22.1 Å². The van der Waals surface area contributed by atoms with Crippen LogP contribution in [0.3, 0.4) is 0 Å². The summed E-state index contributed by atoms with van der Waals surface area (Å²) in [5, 5.41) is 10.5. The topological polar surface area (TPSA) is 54.5 Å². The van der Waals surface area contributed by atoms with Crippen LogP contribution in [0.4, 0.5) is 0 Å². The van der Waals surface area contributed by atoms with Crippen LogP contribution in [-0.4, -0.2) is 25.9 Å². The molecule has 4 nitrogen and oxygen atoms in total. The first-order valence-corrected chi connectivity index (χ1v) is 10.1. The monoisotopic (exact) mass is 342 g/mol. The van der Waals surface area contributed by atoms with Crippen LogP contribution in [0.5, 0.6) is 0 Å². The van der Waals surface area contributed by atoms with Gasteiger partial charge in [-0.25, -0.2) is 4.98 Å². The Labute approximate surface area is 147 Å². The lowest BCUT2D eigenvalue weighted by Crippen LogP contribution is -1.92. The van der Waals surface area contributed by atoms with Crippen LogP contribution in [0.2, 0.25) is 0 Å². The third kappa shape index (κ3) is 4.47. The molecule has 0 spiro atoms. The fourth-order valence-electron chi connectivity index (χ4n) is 2.97. The van der Waals surface area contributed by atoms with Gasteiger partial charge >= 0.3 is 0 Å². The van der Waals surface area contributed by atoms with E-state index in [0.29, 0.717) is 0 Å². The zero-order valence-corrected chi connectivity index (χ0v) is 15.2. The number of benzene rings is 1. The normalized spacial score (nSPS) is 11.5. The van der Waals surface area contributed by atoms with Crippen molar-refractivity contribution < 1.29 is 0 Å². The van der Waals surface area contributed by atoms with Gasteiger partial charge in [0.15, 0.2) is 5.65 Å². The highest BCUT2D eigenvalue weighted by Crippen LogP contribution is 2.23. The van der Waals surface area contributed by atoms with Crippen LogP contribution in [0, 0.1) is 0 Å². The van der Waals surface area contributed by atoms with Gasteiger partial charge in [-0.2, -0.15) is 0 Å². The van der Waals surface area contributed by atoms with Gasteiger partial charge in [0.1, 0.15) is 5.52 Å². The van der Waals surface area contributed by atoms with E-state index in [2.05, 4.69) is 33.2 Å². The molecule has 0 aliphatic carbocycles. The average molecular weight is 343 g/mol. The van der Waals surface area contributed by atoms with E-state index in [-0.39, 0.29) is 0 Å². The van der Waals surface area contributed by atoms with E-state index in [1.165, 1.54) is 51.4 Å². The Bertz CT molecular complexity index is 768. The summed E-state index contributed by atoms with van der Waals surface area (Å²) in [6, 6.07) is 8.13. The molecule has 0 aliphatic heterocycles. The van der Waals surface area contributed by atoms with E-state index in [9.17, 15) is 0 Å². The molecule has 0 saturated heterocycles. The van der Waals surface area contributed by atoms with Crippen molar-refractivity contribution in [2.24, 2.45) is 0 Å². The van der Waals surface area contributed by atoms with Gasteiger partial charge in [0.25, 0.3) is 0 Å². The molecule has 128 valence electrons. The van der Waals surface area contributed by atoms with Gasteiger partial charge in [-0.15, -0.1) is 10.2 Å². The minimum Gasteiger partial charge on any atom is -0.338 e. The molecular formula is C19H26N4S. The number of nitrogens with zero attached hydrogens (tertiary/aromatic N) is 3.